The summed E-state index contributed by atoms with van der Waals surface area (Å²) in [5.41, 5.74) is 5.76. The van der Waals surface area contributed by atoms with Crippen molar-refractivity contribution in [1.82, 2.24) is 4.90 Å². The molecule has 0 unspecified atom stereocenters. The van der Waals surface area contributed by atoms with Crippen molar-refractivity contribution >= 4 is 17.4 Å². The zero-order chi connectivity index (χ0) is 16.5. The van der Waals surface area contributed by atoms with Gasteiger partial charge >= 0.3 is 0 Å². The summed E-state index contributed by atoms with van der Waals surface area (Å²) in [6.45, 7) is 6.87. The fraction of sp³-hybridized carbons (Fsp3) is 0.500. The molecule has 0 radical (unpaired) electrons. The molecule has 1 aromatic carbocycles. The van der Waals surface area contributed by atoms with E-state index < -0.39 is 11.4 Å². The normalized spacial score (nSPS) is 15.9. The molecule has 0 atom stereocenters. The molecule has 0 bridgehead atoms. The lowest BCUT2D eigenvalue weighted by molar-refractivity contribution is -0.136. The summed E-state index contributed by atoms with van der Waals surface area (Å²) in [6, 6.07) is 4.51. The highest BCUT2D eigenvalue weighted by Gasteiger charge is 2.30. The Hall–Kier alpha value is -1.95. The molecule has 1 aromatic rings. The van der Waals surface area contributed by atoms with Gasteiger partial charge in [0, 0.05) is 31.7 Å². The number of hydrogen-bond acceptors (Lipinski definition) is 4. The predicted octanol–water partition coefficient (Wildman–Crippen LogP) is 1.41. The van der Waals surface area contributed by atoms with Crippen LogP contribution in [0.15, 0.2) is 18.2 Å². The van der Waals surface area contributed by atoms with Gasteiger partial charge in [-0.25, -0.2) is 4.39 Å². The molecule has 1 fully saturated rings. The fourth-order valence-corrected chi connectivity index (χ4v) is 2.54. The minimum atomic E-state index is -0.892. The van der Waals surface area contributed by atoms with Crippen LogP contribution in [-0.4, -0.2) is 48.3 Å². The van der Waals surface area contributed by atoms with Gasteiger partial charge in [0.25, 0.3) is 0 Å². The Morgan fingerprint density at radius 3 is 2.23 bits per heavy atom. The summed E-state index contributed by atoms with van der Waals surface area (Å²) in [5.74, 6) is -0.669. The summed E-state index contributed by atoms with van der Waals surface area (Å²) in [5, 5.41) is 0. The molecule has 1 amide bonds. The van der Waals surface area contributed by atoms with Gasteiger partial charge in [0.2, 0.25) is 5.91 Å². The lowest BCUT2D eigenvalue weighted by Gasteiger charge is -2.38. The molecule has 120 valence electrons. The molecule has 2 rings (SSSR count). The first-order valence-corrected chi connectivity index (χ1v) is 7.34. The third-order valence-electron chi connectivity index (χ3n) is 3.81. The van der Waals surface area contributed by atoms with E-state index in [1.54, 1.807) is 30.9 Å². The second-order valence-corrected chi connectivity index (χ2v) is 6.22. The number of nitrogens with two attached hydrogens (primary N) is 1. The van der Waals surface area contributed by atoms with Crippen LogP contribution in [0.5, 0.6) is 0 Å². The standard InChI is InChI=1S/C16H22FN3O2/c1-11(21)12-4-5-14(13(17)10-12)19-6-8-20(9-7-19)15(22)16(2,3)18/h4-5,10H,6-9,18H2,1-3H3. The van der Waals surface area contributed by atoms with Crippen LogP contribution < -0.4 is 10.6 Å². The molecule has 1 heterocycles. The molecule has 1 aliphatic heterocycles. The molecular formula is C16H22FN3O2. The Labute approximate surface area is 129 Å². The minimum absolute atomic E-state index is 0.0976. The highest BCUT2D eigenvalue weighted by Crippen LogP contribution is 2.22. The van der Waals surface area contributed by atoms with E-state index in [4.69, 9.17) is 5.73 Å². The molecule has 0 saturated carbocycles. The number of Topliss-reactive ketones (excluding diaryl/α,β-unsaturated/α-hetero) is 1. The van der Waals surface area contributed by atoms with E-state index in [1.165, 1.54) is 13.0 Å². The van der Waals surface area contributed by atoms with Crippen LogP contribution >= 0.6 is 0 Å². The quantitative estimate of drug-likeness (QED) is 0.858. The molecule has 22 heavy (non-hydrogen) atoms. The number of ketones is 1. The minimum Gasteiger partial charge on any atom is -0.366 e. The smallest absolute Gasteiger partial charge is 0.242 e. The van der Waals surface area contributed by atoms with E-state index in [0.29, 0.717) is 37.4 Å². The third kappa shape index (κ3) is 3.44. The van der Waals surface area contributed by atoms with Crippen molar-refractivity contribution in [3.05, 3.63) is 29.6 Å². The Kier molecular flexibility index (Phi) is 4.51. The number of nitrogens with zero attached hydrogens (tertiary/aromatic N) is 2. The summed E-state index contributed by atoms with van der Waals surface area (Å²) in [6.07, 6.45) is 0. The van der Waals surface area contributed by atoms with Crippen LogP contribution in [0.1, 0.15) is 31.1 Å². The van der Waals surface area contributed by atoms with Crippen molar-refractivity contribution in [1.29, 1.82) is 0 Å². The van der Waals surface area contributed by atoms with Crippen molar-refractivity contribution in [3.63, 3.8) is 0 Å². The van der Waals surface area contributed by atoms with E-state index in [2.05, 4.69) is 0 Å². The molecule has 0 aliphatic carbocycles. The predicted molar refractivity (Wildman–Crippen MR) is 83.5 cm³/mol. The third-order valence-corrected chi connectivity index (χ3v) is 3.81. The number of halogens is 1. The van der Waals surface area contributed by atoms with E-state index >= 15 is 0 Å². The zero-order valence-corrected chi connectivity index (χ0v) is 13.2. The first kappa shape index (κ1) is 16.4. The lowest BCUT2D eigenvalue weighted by Crippen LogP contribution is -2.57. The maximum Gasteiger partial charge on any atom is 0.242 e. The number of rotatable bonds is 3. The maximum absolute atomic E-state index is 14.1. The van der Waals surface area contributed by atoms with E-state index in [9.17, 15) is 14.0 Å². The van der Waals surface area contributed by atoms with Gasteiger partial charge in [0.05, 0.1) is 11.2 Å². The van der Waals surface area contributed by atoms with Crippen LogP contribution in [0.2, 0.25) is 0 Å². The number of hydrogen-bond donors (Lipinski definition) is 1. The van der Waals surface area contributed by atoms with Crippen LogP contribution in [0.4, 0.5) is 10.1 Å². The average molecular weight is 307 g/mol. The molecule has 2 N–H and O–H groups in total. The van der Waals surface area contributed by atoms with E-state index in [0.717, 1.165) is 0 Å². The van der Waals surface area contributed by atoms with Gasteiger partial charge in [-0.1, -0.05) is 0 Å². The average Bonchev–Trinajstić information content (AvgIpc) is 2.45. The van der Waals surface area contributed by atoms with Gasteiger partial charge in [-0.2, -0.15) is 0 Å². The molecule has 6 heteroatoms. The van der Waals surface area contributed by atoms with Crippen LogP contribution in [0, 0.1) is 5.82 Å². The monoisotopic (exact) mass is 307 g/mol. The molecule has 0 spiro atoms. The number of carbonyl (C=O) groups is 2. The number of anilines is 1. The van der Waals surface area contributed by atoms with Gasteiger partial charge < -0.3 is 15.5 Å². The lowest BCUT2D eigenvalue weighted by atomic mass is 10.0. The molecule has 1 aliphatic rings. The molecule has 5 nitrogen and oxygen atoms in total. The van der Waals surface area contributed by atoms with Crippen molar-refractivity contribution in [2.24, 2.45) is 5.73 Å². The van der Waals surface area contributed by atoms with Crippen molar-refractivity contribution in [2.75, 3.05) is 31.1 Å². The number of carbonyl (C=O) groups excluding carboxylic acids is 2. The van der Waals surface area contributed by atoms with Gasteiger partial charge in [-0.3, -0.25) is 9.59 Å². The number of benzene rings is 1. The SMILES string of the molecule is CC(=O)c1ccc(N2CCN(C(=O)C(C)(C)N)CC2)c(F)c1. The summed E-state index contributed by atoms with van der Waals surface area (Å²) in [7, 11) is 0. The van der Waals surface area contributed by atoms with Gasteiger partial charge in [-0.15, -0.1) is 0 Å². The second-order valence-electron chi connectivity index (χ2n) is 6.22. The van der Waals surface area contributed by atoms with Crippen molar-refractivity contribution in [3.8, 4) is 0 Å². The van der Waals surface area contributed by atoms with Crippen LogP contribution in [0.3, 0.4) is 0 Å². The maximum atomic E-state index is 14.1. The Balaban J connectivity index is 2.06. The van der Waals surface area contributed by atoms with E-state index in [-0.39, 0.29) is 11.7 Å². The summed E-state index contributed by atoms with van der Waals surface area (Å²) >= 11 is 0. The Morgan fingerprint density at radius 2 is 1.77 bits per heavy atom. The van der Waals surface area contributed by atoms with Crippen LogP contribution in [0.25, 0.3) is 0 Å². The highest BCUT2D eigenvalue weighted by atomic mass is 19.1. The summed E-state index contributed by atoms with van der Waals surface area (Å²) < 4.78 is 14.1. The van der Waals surface area contributed by atoms with Gasteiger partial charge in [0.1, 0.15) is 5.82 Å². The highest BCUT2D eigenvalue weighted by molar-refractivity contribution is 5.94. The largest absolute Gasteiger partial charge is 0.366 e. The first-order valence-electron chi connectivity index (χ1n) is 7.34. The molecule has 1 saturated heterocycles. The van der Waals surface area contributed by atoms with E-state index in [1.807, 2.05) is 4.90 Å². The topological polar surface area (TPSA) is 66.6 Å². The van der Waals surface area contributed by atoms with Crippen molar-refractivity contribution < 1.29 is 14.0 Å². The molecule has 0 aromatic heterocycles. The Bertz CT molecular complexity index is 588. The summed E-state index contributed by atoms with van der Waals surface area (Å²) in [4.78, 5) is 27.0. The number of piperazine rings is 1. The molecular weight excluding hydrogens is 285 g/mol. The first-order chi connectivity index (χ1) is 10.2. The van der Waals surface area contributed by atoms with Crippen molar-refractivity contribution in [2.45, 2.75) is 26.3 Å². The Morgan fingerprint density at radius 1 is 1.18 bits per heavy atom. The van der Waals surface area contributed by atoms with Crippen LogP contribution in [-0.2, 0) is 4.79 Å². The van der Waals surface area contributed by atoms with Gasteiger partial charge in [0.15, 0.2) is 5.78 Å². The zero-order valence-electron chi connectivity index (χ0n) is 13.2. The number of amides is 1. The fourth-order valence-electron chi connectivity index (χ4n) is 2.54. The van der Waals surface area contributed by atoms with Gasteiger partial charge in [-0.05, 0) is 39.0 Å². The second kappa shape index (κ2) is 6.04.